The lowest BCUT2D eigenvalue weighted by atomic mass is 10.2. The van der Waals surface area contributed by atoms with E-state index in [0.29, 0.717) is 12.1 Å². The van der Waals surface area contributed by atoms with Gasteiger partial charge in [-0.15, -0.1) is 11.8 Å². The average molecular weight is 322 g/mol. The highest BCUT2D eigenvalue weighted by molar-refractivity contribution is 7.99. The number of phenolic OH excluding ortho intramolecular Hbond substituents is 1. The highest BCUT2D eigenvalue weighted by atomic mass is 35.5. The molecule has 3 nitrogen and oxygen atoms in total. The van der Waals surface area contributed by atoms with Crippen LogP contribution < -0.4 is 5.32 Å². The van der Waals surface area contributed by atoms with E-state index in [0.717, 1.165) is 22.1 Å². The van der Waals surface area contributed by atoms with E-state index >= 15 is 0 Å². The number of benzene rings is 2. The maximum atomic E-state index is 11.8. The van der Waals surface area contributed by atoms with Crippen molar-refractivity contribution in [2.45, 2.75) is 17.7 Å². The van der Waals surface area contributed by atoms with Crippen molar-refractivity contribution < 1.29 is 9.90 Å². The van der Waals surface area contributed by atoms with E-state index < -0.39 is 0 Å². The number of anilines is 1. The molecule has 0 unspecified atom stereocenters. The molecular weight excluding hydrogens is 306 g/mol. The number of rotatable bonds is 6. The fourth-order valence-corrected chi connectivity index (χ4v) is 2.97. The minimum atomic E-state index is -0.0552. The number of thioether (sulfide) groups is 1. The summed E-state index contributed by atoms with van der Waals surface area (Å²) in [6.07, 6.45) is 1.20. The summed E-state index contributed by atoms with van der Waals surface area (Å²) in [6, 6.07) is 14.2. The lowest BCUT2D eigenvalue weighted by Crippen LogP contribution is -2.11. The van der Waals surface area contributed by atoms with Crippen molar-refractivity contribution in [3.05, 3.63) is 53.6 Å². The number of nitrogens with one attached hydrogen (secondary N) is 1. The fourth-order valence-electron chi connectivity index (χ4n) is 1.78. The summed E-state index contributed by atoms with van der Waals surface area (Å²) in [4.78, 5) is 12.8. The van der Waals surface area contributed by atoms with Crippen molar-refractivity contribution in [2.24, 2.45) is 0 Å². The van der Waals surface area contributed by atoms with E-state index in [2.05, 4.69) is 5.32 Å². The molecule has 0 saturated heterocycles. The van der Waals surface area contributed by atoms with Gasteiger partial charge in [0.05, 0.1) is 5.02 Å². The van der Waals surface area contributed by atoms with Gasteiger partial charge in [0.2, 0.25) is 5.91 Å². The third-order valence-corrected chi connectivity index (χ3v) is 4.37. The van der Waals surface area contributed by atoms with Crippen LogP contribution in [0.5, 0.6) is 5.75 Å². The first-order valence-corrected chi connectivity index (χ1v) is 7.98. The van der Waals surface area contributed by atoms with Crippen LogP contribution in [0.4, 0.5) is 5.69 Å². The third-order valence-electron chi connectivity index (χ3n) is 2.77. The molecule has 0 bridgehead atoms. The molecule has 0 aliphatic heterocycles. The van der Waals surface area contributed by atoms with Gasteiger partial charge in [-0.1, -0.05) is 29.8 Å². The highest BCUT2D eigenvalue weighted by Crippen LogP contribution is 2.27. The molecule has 2 aromatic carbocycles. The van der Waals surface area contributed by atoms with Crippen LogP contribution in [0.25, 0.3) is 0 Å². The van der Waals surface area contributed by atoms with Crippen LogP contribution in [0.3, 0.4) is 0 Å². The number of carbonyl (C=O) groups is 1. The monoisotopic (exact) mass is 321 g/mol. The number of halogens is 1. The van der Waals surface area contributed by atoms with Gasteiger partial charge in [0.1, 0.15) is 5.75 Å². The Balaban J connectivity index is 1.71. The summed E-state index contributed by atoms with van der Waals surface area (Å²) < 4.78 is 0. The van der Waals surface area contributed by atoms with Crippen molar-refractivity contribution in [1.29, 1.82) is 0 Å². The predicted octanol–water partition coefficient (Wildman–Crippen LogP) is 4.56. The first-order valence-electron chi connectivity index (χ1n) is 6.61. The van der Waals surface area contributed by atoms with Crippen LogP contribution in [0, 0.1) is 0 Å². The molecule has 0 aliphatic carbocycles. The Morgan fingerprint density at radius 1 is 1.19 bits per heavy atom. The van der Waals surface area contributed by atoms with E-state index in [-0.39, 0.29) is 11.7 Å². The van der Waals surface area contributed by atoms with Crippen LogP contribution in [-0.4, -0.2) is 16.8 Å². The van der Waals surface area contributed by atoms with E-state index in [1.165, 1.54) is 6.07 Å². The minimum absolute atomic E-state index is 0.0552. The summed E-state index contributed by atoms with van der Waals surface area (Å²) in [5, 5.41) is 12.8. The van der Waals surface area contributed by atoms with E-state index in [1.807, 2.05) is 24.3 Å². The van der Waals surface area contributed by atoms with Crippen LogP contribution in [0.15, 0.2) is 53.4 Å². The van der Waals surface area contributed by atoms with Crippen molar-refractivity contribution in [1.82, 2.24) is 0 Å². The number of amides is 1. The molecule has 2 rings (SSSR count). The molecule has 2 aromatic rings. The normalized spacial score (nSPS) is 10.3. The summed E-state index contributed by atoms with van der Waals surface area (Å²) in [6.45, 7) is 0. The second-order valence-corrected chi connectivity index (χ2v) is 6.02. The molecule has 0 atom stereocenters. The van der Waals surface area contributed by atoms with E-state index in [9.17, 15) is 9.90 Å². The summed E-state index contributed by atoms with van der Waals surface area (Å²) in [5.41, 5.74) is 0.610. The van der Waals surface area contributed by atoms with Crippen molar-refractivity contribution in [3.63, 3.8) is 0 Å². The Hall–Kier alpha value is -1.65. The van der Waals surface area contributed by atoms with Gasteiger partial charge in [0.15, 0.2) is 0 Å². The van der Waals surface area contributed by atoms with Crippen LogP contribution in [-0.2, 0) is 4.79 Å². The largest absolute Gasteiger partial charge is 0.508 e. The van der Waals surface area contributed by atoms with Crippen molar-refractivity contribution in [3.8, 4) is 5.75 Å². The second kappa shape index (κ2) is 7.96. The maximum absolute atomic E-state index is 11.8. The van der Waals surface area contributed by atoms with Gasteiger partial charge in [0, 0.05) is 23.1 Å². The molecule has 1 amide bonds. The zero-order chi connectivity index (χ0) is 15.1. The maximum Gasteiger partial charge on any atom is 0.224 e. The quantitative estimate of drug-likeness (QED) is 0.606. The van der Waals surface area contributed by atoms with Gasteiger partial charge < -0.3 is 10.4 Å². The molecule has 0 spiro atoms. The molecular formula is C16H16ClNO2S. The molecule has 0 heterocycles. The fraction of sp³-hybridized carbons (Fsp3) is 0.188. The third kappa shape index (κ3) is 5.33. The summed E-state index contributed by atoms with van der Waals surface area (Å²) in [5.74, 6) is 0.916. The average Bonchev–Trinajstić information content (AvgIpc) is 2.45. The Morgan fingerprint density at radius 3 is 2.76 bits per heavy atom. The minimum Gasteiger partial charge on any atom is -0.508 e. The van der Waals surface area contributed by atoms with Crippen LogP contribution in [0.2, 0.25) is 5.02 Å². The molecule has 2 N–H and O–H groups in total. The highest BCUT2D eigenvalue weighted by Gasteiger charge is 2.04. The van der Waals surface area contributed by atoms with E-state index in [1.54, 1.807) is 30.0 Å². The Labute approximate surface area is 133 Å². The topological polar surface area (TPSA) is 49.3 Å². The predicted molar refractivity (Wildman–Crippen MR) is 88.1 cm³/mol. The first kappa shape index (κ1) is 15.7. The van der Waals surface area contributed by atoms with Gasteiger partial charge in [-0.2, -0.15) is 0 Å². The molecule has 0 radical (unpaired) electrons. The van der Waals surface area contributed by atoms with Gasteiger partial charge in [0.25, 0.3) is 0 Å². The molecule has 0 fully saturated rings. The molecule has 21 heavy (non-hydrogen) atoms. The smallest absolute Gasteiger partial charge is 0.224 e. The Morgan fingerprint density at radius 2 is 2.00 bits per heavy atom. The summed E-state index contributed by atoms with van der Waals surface area (Å²) >= 11 is 7.71. The molecule has 0 aliphatic rings. The van der Waals surface area contributed by atoms with Gasteiger partial charge >= 0.3 is 0 Å². The molecule has 5 heteroatoms. The zero-order valence-electron chi connectivity index (χ0n) is 11.4. The number of phenols is 1. The number of hydrogen-bond donors (Lipinski definition) is 2. The van der Waals surface area contributed by atoms with E-state index in [4.69, 9.17) is 11.6 Å². The lowest BCUT2D eigenvalue weighted by molar-refractivity contribution is -0.116. The molecule has 110 valence electrons. The van der Waals surface area contributed by atoms with Crippen LogP contribution in [0.1, 0.15) is 12.8 Å². The SMILES string of the molecule is O=C(CCCSc1ccccc1Cl)Nc1cccc(O)c1. The van der Waals surface area contributed by atoms with Crippen molar-refractivity contribution in [2.75, 3.05) is 11.1 Å². The molecule has 0 aromatic heterocycles. The summed E-state index contributed by atoms with van der Waals surface area (Å²) in [7, 11) is 0. The second-order valence-electron chi connectivity index (χ2n) is 4.48. The standard InChI is InChI=1S/C16H16ClNO2S/c17-14-7-1-2-8-15(14)21-10-4-9-16(20)18-12-5-3-6-13(19)11-12/h1-3,5-8,11,19H,4,9-10H2,(H,18,20). The lowest BCUT2D eigenvalue weighted by Gasteiger charge is -2.06. The Kier molecular flexibility index (Phi) is 5.96. The zero-order valence-corrected chi connectivity index (χ0v) is 13.0. The molecule has 0 saturated carbocycles. The number of aromatic hydroxyl groups is 1. The van der Waals surface area contributed by atoms with Crippen molar-refractivity contribution >= 4 is 35.0 Å². The van der Waals surface area contributed by atoms with Gasteiger partial charge in [-0.25, -0.2) is 0 Å². The number of carbonyl (C=O) groups excluding carboxylic acids is 1. The van der Waals surface area contributed by atoms with Gasteiger partial charge in [-0.05, 0) is 36.4 Å². The van der Waals surface area contributed by atoms with Gasteiger partial charge in [-0.3, -0.25) is 4.79 Å². The first-order chi connectivity index (χ1) is 10.1. The van der Waals surface area contributed by atoms with Crippen LogP contribution >= 0.6 is 23.4 Å². The Bertz CT molecular complexity index is 619. The number of hydrogen-bond acceptors (Lipinski definition) is 3.